The Kier molecular flexibility index (Phi) is 4.74. The maximum Gasteiger partial charge on any atom is 0.166 e. The molecule has 2 nitrogen and oxygen atoms in total. The van der Waals surface area contributed by atoms with E-state index in [0.717, 1.165) is 0 Å². The van der Waals surface area contributed by atoms with Crippen molar-refractivity contribution in [2.24, 2.45) is 0 Å². The molecule has 16 heavy (non-hydrogen) atoms. The summed E-state index contributed by atoms with van der Waals surface area (Å²) in [7, 11) is 0. The van der Waals surface area contributed by atoms with Crippen LogP contribution in [0.5, 0.6) is 5.75 Å². The topological polar surface area (TPSA) is 21.3 Å². The van der Waals surface area contributed by atoms with E-state index in [1.165, 1.54) is 6.07 Å². The van der Waals surface area contributed by atoms with Crippen LogP contribution in [0.15, 0.2) is 22.7 Å². The summed E-state index contributed by atoms with van der Waals surface area (Å²) in [5.41, 5.74) is 0.0572. The molecule has 0 amide bonds. The van der Waals surface area contributed by atoms with E-state index in [1.807, 2.05) is 0 Å². The summed E-state index contributed by atoms with van der Waals surface area (Å²) in [6.45, 7) is 7.38. The van der Waals surface area contributed by atoms with E-state index in [-0.39, 0.29) is 11.4 Å². The van der Waals surface area contributed by atoms with Crippen molar-refractivity contribution >= 4 is 15.9 Å². The SMILES string of the molecule is CC(C)(C)NCCOc1ccc(Br)cc1F. The van der Waals surface area contributed by atoms with E-state index in [9.17, 15) is 4.39 Å². The molecule has 4 heteroatoms. The van der Waals surface area contributed by atoms with Crippen molar-refractivity contribution in [2.45, 2.75) is 26.3 Å². The Labute approximate surface area is 104 Å². The molecule has 0 saturated heterocycles. The molecule has 0 radical (unpaired) electrons. The lowest BCUT2D eigenvalue weighted by Crippen LogP contribution is -2.38. The fourth-order valence-corrected chi connectivity index (χ4v) is 1.51. The van der Waals surface area contributed by atoms with Gasteiger partial charge in [-0.2, -0.15) is 0 Å². The molecular weight excluding hydrogens is 273 g/mol. The fraction of sp³-hybridized carbons (Fsp3) is 0.500. The Hall–Kier alpha value is -0.610. The second kappa shape index (κ2) is 5.64. The van der Waals surface area contributed by atoms with Gasteiger partial charge in [0.25, 0.3) is 0 Å². The number of hydrogen-bond acceptors (Lipinski definition) is 2. The van der Waals surface area contributed by atoms with Crippen molar-refractivity contribution in [3.63, 3.8) is 0 Å². The van der Waals surface area contributed by atoms with Crippen LogP contribution in [0.4, 0.5) is 4.39 Å². The molecule has 0 spiro atoms. The Bertz CT molecular complexity index is 349. The van der Waals surface area contributed by atoms with Crippen LogP contribution < -0.4 is 10.1 Å². The molecule has 0 aliphatic carbocycles. The molecule has 0 fully saturated rings. The first-order chi connectivity index (χ1) is 7.38. The molecule has 1 N–H and O–H groups in total. The summed E-state index contributed by atoms with van der Waals surface area (Å²) in [6, 6.07) is 4.78. The third kappa shape index (κ3) is 4.94. The van der Waals surface area contributed by atoms with Crippen molar-refractivity contribution in [2.75, 3.05) is 13.2 Å². The first-order valence-corrected chi connectivity index (χ1v) is 6.01. The molecule has 0 unspecified atom stereocenters. The summed E-state index contributed by atoms with van der Waals surface area (Å²) < 4.78 is 19.4. The van der Waals surface area contributed by atoms with Gasteiger partial charge in [-0.05, 0) is 39.0 Å². The van der Waals surface area contributed by atoms with Crippen molar-refractivity contribution in [1.29, 1.82) is 0 Å². The molecular formula is C12H17BrFNO. The normalized spacial score (nSPS) is 11.6. The minimum Gasteiger partial charge on any atom is -0.489 e. The third-order valence-corrected chi connectivity index (χ3v) is 2.40. The quantitative estimate of drug-likeness (QED) is 0.859. The first-order valence-electron chi connectivity index (χ1n) is 5.21. The van der Waals surface area contributed by atoms with E-state index in [1.54, 1.807) is 12.1 Å². The largest absolute Gasteiger partial charge is 0.489 e. The fourth-order valence-electron chi connectivity index (χ4n) is 1.18. The van der Waals surface area contributed by atoms with Crippen LogP contribution in [0, 0.1) is 5.82 Å². The average Bonchev–Trinajstić information content (AvgIpc) is 2.13. The minimum absolute atomic E-state index is 0.0572. The van der Waals surface area contributed by atoms with Gasteiger partial charge in [-0.25, -0.2) is 4.39 Å². The highest BCUT2D eigenvalue weighted by Gasteiger charge is 2.08. The predicted molar refractivity (Wildman–Crippen MR) is 67.4 cm³/mol. The monoisotopic (exact) mass is 289 g/mol. The van der Waals surface area contributed by atoms with Crippen LogP contribution in [-0.2, 0) is 0 Å². The highest BCUT2D eigenvalue weighted by Crippen LogP contribution is 2.21. The van der Waals surface area contributed by atoms with Gasteiger partial charge in [0.2, 0.25) is 0 Å². The van der Waals surface area contributed by atoms with E-state index in [2.05, 4.69) is 42.0 Å². The summed E-state index contributed by atoms with van der Waals surface area (Å²) in [5, 5.41) is 3.27. The number of nitrogens with one attached hydrogen (secondary N) is 1. The highest BCUT2D eigenvalue weighted by atomic mass is 79.9. The lowest BCUT2D eigenvalue weighted by molar-refractivity contribution is 0.279. The van der Waals surface area contributed by atoms with E-state index < -0.39 is 0 Å². The minimum atomic E-state index is -0.342. The molecule has 0 aliphatic heterocycles. The van der Waals surface area contributed by atoms with Crippen molar-refractivity contribution in [3.05, 3.63) is 28.5 Å². The van der Waals surface area contributed by atoms with Crippen LogP contribution in [0.1, 0.15) is 20.8 Å². The van der Waals surface area contributed by atoms with Gasteiger partial charge in [0.05, 0.1) is 0 Å². The zero-order chi connectivity index (χ0) is 12.2. The Morgan fingerprint density at radius 2 is 2.06 bits per heavy atom. The molecule has 1 aromatic carbocycles. The van der Waals surface area contributed by atoms with Crippen molar-refractivity contribution in [1.82, 2.24) is 5.32 Å². The van der Waals surface area contributed by atoms with E-state index in [4.69, 9.17) is 4.74 Å². The average molecular weight is 290 g/mol. The zero-order valence-corrected chi connectivity index (χ0v) is 11.4. The molecule has 0 heterocycles. The molecule has 0 atom stereocenters. The van der Waals surface area contributed by atoms with Crippen LogP contribution in [-0.4, -0.2) is 18.7 Å². The lowest BCUT2D eigenvalue weighted by atomic mass is 10.1. The number of ether oxygens (including phenoxy) is 1. The summed E-state index contributed by atoms with van der Waals surface area (Å²) >= 11 is 3.20. The zero-order valence-electron chi connectivity index (χ0n) is 9.81. The summed E-state index contributed by atoms with van der Waals surface area (Å²) in [5.74, 6) is -0.0518. The highest BCUT2D eigenvalue weighted by molar-refractivity contribution is 9.10. The van der Waals surface area contributed by atoms with Crippen LogP contribution >= 0.6 is 15.9 Å². The second-order valence-electron chi connectivity index (χ2n) is 4.60. The van der Waals surface area contributed by atoms with Gasteiger partial charge >= 0.3 is 0 Å². The molecule has 0 bridgehead atoms. The smallest absolute Gasteiger partial charge is 0.166 e. The molecule has 1 rings (SSSR count). The van der Waals surface area contributed by atoms with Crippen molar-refractivity contribution in [3.8, 4) is 5.75 Å². The molecule has 0 saturated carbocycles. The van der Waals surface area contributed by atoms with Gasteiger partial charge < -0.3 is 10.1 Å². The van der Waals surface area contributed by atoms with Crippen molar-refractivity contribution < 1.29 is 9.13 Å². The van der Waals surface area contributed by atoms with Crippen LogP contribution in [0.25, 0.3) is 0 Å². The summed E-state index contributed by atoms with van der Waals surface area (Å²) in [4.78, 5) is 0. The van der Waals surface area contributed by atoms with Crippen LogP contribution in [0.3, 0.4) is 0 Å². The first kappa shape index (κ1) is 13.5. The third-order valence-electron chi connectivity index (χ3n) is 1.91. The van der Waals surface area contributed by atoms with Gasteiger partial charge in [0.1, 0.15) is 6.61 Å². The number of hydrogen-bond donors (Lipinski definition) is 1. The molecule has 1 aromatic rings. The van der Waals surface area contributed by atoms with Gasteiger partial charge in [0.15, 0.2) is 11.6 Å². The maximum atomic E-state index is 13.3. The summed E-state index contributed by atoms with van der Waals surface area (Å²) in [6.07, 6.45) is 0. The Morgan fingerprint density at radius 1 is 1.38 bits per heavy atom. The molecule has 90 valence electrons. The van der Waals surface area contributed by atoms with Gasteiger partial charge in [-0.3, -0.25) is 0 Å². The number of halogens is 2. The predicted octanol–water partition coefficient (Wildman–Crippen LogP) is 3.36. The van der Waals surface area contributed by atoms with E-state index >= 15 is 0 Å². The lowest BCUT2D eigenvalue weighted by Gasteiger charge is -2.20. The van der Waals surface area contributed by atoms with Gasteiger partial charge in [-0.1, -0.05) is 15.9 Å². The van der Waals surface area contributed by atoms with Crippen LogP contribution in [0.2, 0.25) is 0 Å². The maximum absolute atomic E-state index is 13.3. The number of rotatable bonds is 4. The molecule has 0 aromatic heterocycles. The Morgan fingerprint density at radius 3 is 2.62 bits per heavy atom. The molecule has 0 aliphatic rings. The second-order valence-corrected chi connectivity index (χ2v) is 5.52. The van der Waals surface area contributed by atoms with Gasteiger partial charge in [-0.15, -0.1) is 0 Å². The Balaban J connectivity index is 2.38. The number of benzene rings is 1. The van der Waals surface area contributed by atoms with E-state index in [0.29, 0.717) is 23.4 Å². The standard InChI is InChI=1S/C12H17BrFNO/c1-12(2,3)15-6-7-16-11-5-4-9(13)8-10(11)14/h4-5,8,15H,6-7H2,1-3H3. The van der Waals surface area contributed by atoms with Gasteiger partial charge in [0, 0.05) is 16.6 Å².